The summed E-state index contributed by atoms with van der Waals surface area (Å²) in [5.41, 5.74) is 7.47. The van der Waals surface area contributed by atoms with Gasteiger partial charge in [-0.15, -0.1) is 0 Å². The summed E-state index contributed by atoms with van der Waals surface area (Å²) in [6.07, 6.45) is 0. The van der Waals surface area contributed by atoms with E-state index in [-0.39, 0.29) is 0 Å². The summed E-state index contributed by atoms with van der Waals surface area (Å²) in [5.74, 6) is 0.851. The molecule has 0 fully saturated rings. The summed E-state index contributed by atoms with van der Waals surface area (Å²) in [6, 6.07) is 0. The van der Waals surface area contributed by atoms with Gasteiger partial charge in [0.05, 0.1) is 0 Å². The molecule has 0 amide bonds. The maximum atomic E-state index is 5.56. The second-order valence-electron chi connectivity index (χ2n) is 2.91. The average molecular weight is 183 g/mol. The Hall–Kier alpha value is -1.03. The van der Waals surface area contributed by atoms with E-state index in [0.29, 0.717) is 6.54 Å². The lowest BCUT2D eigenvalue weighted by Crippen LogP contribution is -2.23. The number of aryl methyl sites for hydroxylation is 1. The fraction of sp³-hybridized carbons (Fsp3) is 0.667. The van der Waals surface area contributed by atoms with Gasteiger partial charge in [-0.1, -0.05) is 5.16 Å². The lowest BCUT2D eigenvalue weighted by molar-refractivity contribution is 0.391. The SMILES string of the molecule is CCN(CC)c1c(CN)noc1C. The molecule has 4 heteroatoms. The smallest absolute Gasteiger partial charge is 0.157 e. The fourth-order valence-corrected chi connectivity index (χ4v) is 1.49. The molecule has 1 aromatic rings. The topological polar surface area (TPSA) is 55.3 Å². The van der Waals surface area contributed by atoms with Gasteiger partial charge in [0.2, 0.25) is 0 Å². The van der Waals surface area contributed by atoms with Crippen LogP contribution in [0.15, 0.2) is 4.52 Å². The largest absolute Gasteiger partial charge is 0.368 e. The number of rotatable bonds is 4. The molecule has 13 heavy (non-hydrogen) atoms. The molecule has 0 aromatic carbocycles. The molecule has 0 aliphatic carbocycles. The van der Waals surface area contributed by atoms with Crippen LogP contribution in [0, 0.1) is 6.92 Å². The van der Waals surface area contributed by atoms with Crippen molar-refractivity contribution >= 4 is 5.69 Å². The van der Waals surface area contributed by atoms with Gasteiger partial charge in [0.25, 0.3) is 0 Å². The van der Waals surface area contributed by atoms with Crippen LogP contribution < -0.4 is 10.6 Å². The van der Waals surface area contributed by atoms with Gasteiger partial charge < -0.3 is 15.2 Å². The molecule has 0 spiro atoms. The van der Waals surface area contributed by atoms with E-state index in [1.165, 1.54) is 0 Å². The molecule has 0 atom stereocenters. The number of nitrogens with two attached hydrogens (primary N) is 1. The number of aromatic nitrogens is 1. The summed E-state index contributed by atoms with van der Waals surface area (Å²) < 4.78 is 5.10. The molecule has 74 valence electrons. The molecule has 0 saturated carbocycles. The molecule has 1 aromatic heterocycles. The monoisotopic (exact) mass is 183 g/mol. The van der Waals surface area contributed by atoms with Crippen LogP contribution in [0.1, 0.15) is 25.3 Å². The van der Waals surface area contributed by atoms with Crippen molar-refractivity contribution in [1.29, 1.82) is 0 Å². The molecular formula is C9H17N3O. The van der Waals surface area contributed by atoms with Crippen molar-refractivity contribution in [3.63, 3.8) is 0 Å². The van der Waals surface area contributed by atoms with Crippen LogP contribution in [0.4, 0.5) is 5.69 Å². The summed E-state index contributed by atoms with van der Waals surface area (Å²) >= 11 is 0. The van der Waals surface area contributed by atoms with Crippen LogP contribution in [0.2, 0.25) is 0 Å². The van der Waals surface area contributed by atoms with Crippen LogP contribution in [-0.4, -0.2) is 18.2 Å². The predicted molar refractivity (Wildman–Crippen MR) is 52.7 cm³/mol. The Morgan fingerprint density at radius 3 is 2.46 bits per heavy atom. The summed E-state index contributed by atoms with van der Waals surface area (Å²) in [6.45, 7) is 8.46. The Morgan fingerprint density at radius 2 is 2.00 bits per heavy atom. The third kappa shape index (κ3) is 1.83. The summed E-state index contributed by atoms with van der Waals surface area (Å²) in [4.78, 5) is 2.20. The quantitative estimate of drug-likeness (QED) is 0.764. The minimum Gasteiger partial charge on any atom is -0.368 e. The maximum Gasteiger partial charge on any atom is 0.157 e. The van der Waals surface area contributed by atoms with Crippen molar-refractivity contribution in [2.45, 2.75) is 27.3 Å². The Bertz CT molecular complexity index is 266. The normalized spacial score (nSPS) is 10.5. The zero-order chi connectivity index (χ0) is 9.84. The van der Waals surface area contributed by atoms with Gasteiger partial charge in [-0.25, -0.2) is 0 Å². The lowest BCUT2D eigenvalue weighted by atomic mass is 10.2. The minimum absolute atomic E-state index is 0.434. The van der Waals surface area contributed by atoms with Crippen molar-refractivity contribution in [1.82, 2.24) is 5.16 Å². The third-order valence-electron chi connectivity index (χ3n) is 2.17. The van der Waals surface area contributed by atoms with E-state index in [2.05, 4.69) is 23.9 Å². The van der Waals surface area contributed by atoms with Gasteiger partial charge in [-0.05, 0) is 20.8 Å². The number of nitrogens with zero attached hydrogens (tertiary/aromatic N) is 2. The number of anilines is 1. The average Bonchev–Trinajstić information content (AvgIpc) is 2.51. The first-order chi connectivity index (χ1) is 6.24. The van der Waals surface area contributed by atoms with Crippen molar-refractivity contribution in [2.75, 3.05) is 18.0 Å². The van der Waals surface area contributed by atoms with E-state index in [1.54, 1.807) is 0 Å². The Morgan fingerprint density at radius 1 is 1.38 bits per heavy atom. The molecule has 0 aliphatic rings. The molecule has 0 radical (unpaired) electrons. The minimum atomic E-state index is 0.434. The first-order valence-corrected chi connectivity index (χ1v) is 4.64. The number of hydrogen-bond donors (Lipinski definition) is 1. The lowest BCUT2D eigenvalue weighted by Gasteiger charge is -2.20. The summed E-state index contributed by atoms with van der Waals surface area (Å²) in [5, 5.41) is 3.91. The fourth-order valence-electron chi connectivity index (χ4n) is 1.49. The van der Waals surface area contributed by atoms with Crippen molar-refractivity contribution in [3.05, 3.63) is 11.5 Å². The second kappa shape index (κ2) is 4.28. The highest BCUT2D eigenvalue weighted by Crippen LogP contribution is 2.23. The van der Waals surface area contributed by atoms with Gasteiger partial charge in [0, 0.05) is 19.6 Å². The van der Waals surface area contributed by atoms with Crippen LogP contribution >= 0.6 is 0 Å². The van der Waals surface area contributed by atoms with Crippen LogP contribution in [0.3, 0.4) is 0 Å². The van der Waals surface area contributed by atoms with E-state index in [4.69, 9.17) is 10.3 Å². The Kier molecular flexibility index (Phi) is 3.31. The van der Waals surface area contributed by atoms with Crippen molar-refractivity contribution in [2.24, 2.45) is 5.73 Å². The van der Waals surface area contributed by atoms with Gasteiger partial charge in [-0.2, -0.15) is 0 Å². The zero-order valence-corrected chi connectivity index (χ0v) is 8.50. The molecule has 0 saturated heterocycles. The van der Waals surface area contributed by atoms with E-state index in [9.17, 15) is 0 Å². The highest BCUT2D eigenvalue weighted by molar-refractivity contribution is 5.53. The number of hydrogen-bond acceptors (Lipinski definition) is 4. The van der Waals surface area contributed by atoms with Gasteiger partial charge in [0.15, 0.2) is 5.76 Å². The molecule has 0 aliphatic heterocycles. The summed E-state index contributed by atoms with van der Waals surface area (Å²) in [7, 11) is 0. The third-order valence-corrected chi connectivity index (χ3v) is 2.17. The van der Waals surface area contributed by atoms with E-state index >= 15 is 0 Å². The first kappa shape index (κ1) is 10.1. The zero-order valence-electron chi connectivity index (χ0n) is 8.50. The predicted octanol–water partition coefficient (Wildman–Crippen LogP) is 1.29. The highest BCUT2D eigenvalue weighted by atomic mass is 16.5. The van der Waals surface area contributed by atoms with Crippen molar-refractivity contribution < 1.29 is 4.52 Å². The van der Waals surface area contributed by atoms with Gasteiger partial charge in [0.1, 0.15) is 11.4 Å². The van der Waals surface area contributed by atoms with Gasteiger partial charge in [-0.3, -0.25) is 0 Å². The Labute approximate surface area is 78.7 Å². The molecule has 0 bridgehead atoms. The maximum absolute atomic E-state index is 5.56. The Balaban J connectivity index is 3.01. The van der Waals surface area contributed by atoms with Crippen LogP contribution in [0.5, 0.6) is 0 Å². The molecule has 2 N–H and O–H groups in total. The van der Waals surface area contributed by atoms with Gasteiger partial charge >= 0.3 is 0 Å². The highest BCUT2D eigenvalue weighted by Gasteiger charge is 2.15. The van der Waals surface area contributed by atoms with E-state index in [0.717, 1.165) is 30.2 Å². The molecule has 0 unspecified atom stereocenters. The van der Waals surface area contributed by atoms with E-state index in [1.807, 2.05) is 6.92 Å². The molecule has 1 heterocycles. The van der Waals surface area contributed by atoms with Crippen molar-refractivity contribution in [3.8, 4) is 0 Å². The first-order valence-electron chi connectivity index (χ1n) is 4.64. The van der Waals surface area contributed by atoms with Crippen LogP contribution in [-0.2, 0) is 6.54 Å². The van der Waals surface area contributed by atoms with E-state index < -0.39 is 0 Å². The molecular weight excluding hydrogens is 166 g/mol. The van der Waals surface area contributed by atoms with Crippen LogP contribution in [0.25, 0.3) is 0 Å². The standard InChI is InChI=1S/C9H17N3O/c1-4-12(5-2)9-7(3)13-11-8(9)6-10/h4-6,10H2,1-3H3. The molecule has 1 rings (SSSR count). The molecule has 4 nitrogen and oxygen atoms in total. The second-order valence-corrected chi connectivity index (χ2v) is 2.91.